The number of carbonyl (C=O) groups excluding carboxylic acids is 1. The molecular formula is C11H20N2O3. The highest BCUT2D eigenvalue weighted by Gasteiger charge is 2.29. The second-order valence-corrected chi connectivity index (χ2v) is 5.40. The summed E-state index contributed by atoms with van der Waals surface area (Å²) in [4.78, 5) is 23.8. The van der Waals surface area contributed by atoms with Gasteiger partial charge in [-0.05, 0) is 39.5 Å². The molecule has 1 aliphatic carbocycles. The summed E-state index contributed by atoms with van der Waals surface area (Å²) in [6.45, 7) is 5.95. The van der Waals surface area contributed by atoms with Gasteiger partial charge in [0.25, 0.3) is 0 Å². The van der Waals surface area contributed by atoms with Crippen LogP contribution < -0.4 is 5.32 Å². The van der Waals surface area contributed by atoms with E-state index in [4.69, 9.17) is 5.11 Å². The molecule has 5 heteroatoms. The number of carboxylic acids is 1. The monoisotopic (exact) mass is 228 g/mol. The summed E-state index contributed by atoms with van der Waals surface area (Å²) < 4.78 is 0. The fourth-order valence-corrected chi connectivity index (χ4v) is 1.39. The number of hydrogen-bond donors (Lipinski definition) is 2. The number of urea groups is 1. The zero-order chi connectivity index (χ0) is 12.3. The van der Waals surface area contributed by atoms with E-state index in [1.807, 2.05) is 20.8 Å². The van der Waals surface area contributed by atoms with Gasteiger partial charge < -0.3 is 15.3 Å². The van der Waals surface area contributed by atoms with Gasteiger partial charge in [-0.25, -0.2) is 4.79 Å². The molecule has 0 unspecified atom stereocenters. The minimum absolute atomic E-state index is 0.224. The highest BCUT2D eigenvalue weighted by Crippen LogP contribution is 2.29. The van der Waals surface area contributed by atoms with Gasteiger partial charge in [0.05, 0.1) is 0 Å². The van der Waals surface area contributed by atoms with Gasteiger partial charge >= 0.3 is 12.0 Å². The van der Waals surface area contributed by atoms with E-state index in [1.54, 1.807) is 0 Å². The molecule has 1 rings (SSSR count). The van der Waals surface area contributed by atoms with E-state index in [1.165, 1.54) is 4.90 Å². The Bertz CT molecular complexity index is 279. The molecule has 1 saturated carbocycles. The number of carbonyl (C=O) groups is 2. The van der Waals surface area contributed by atoms with Crippen molar-refractivity contribution >= 4 is 12.0 Å². The number of nitrogens with one attached hydrogen (secondary N) is 1. The summed E-state index contributed by atoms with van der Waals surface area (Å²) in [5, 5.41) is 11.5. The van der Waals surface area contributed by atoms with E-state index in [9.17, 15) is 9.59 Å². The average molecular weight is 228 g/mol. The van der Waals surface area contributed by atoms with E-state index in [2.05, 4.69) is 5.32 Å². The van der Waals surface area contributed by atoms with Crippen LogP contribution in [-0.4, -0.2) is 40.6 Å². The van der Waals surface area contributed by atoms with Crippen LogP contribution in [0.4, 0.5) is 4.79 Å². The van der Waals surface area contributed by atoms with Gasteiger partial charge in [0.15, 0.2) is 0 Å². The molecule has 0 saturated heterocycles. The van der Waals surface area contributed by atoms with Crippen LogP contribution in [0.1, 0.15) is 33.6 Å². The Morgan fingerprint density at radius 2 is 1.94 bits per heavy atom. The Hall–Kier alpha value is -1.26. The molecule has 2 N–H and O–H groups in total. The van der Waals surface area contributed by atoms with Gasteiger partial charge in [-0.2, -0.15) is 0 Å². The Labute approximate surface area is 95.8 Å². The lowest BCUT2D eigenvalue weighted by molar-refractivity contribution is -0.137. The molecule has 0 aromatic heterocycles. The Morgan fingerprint density at radius 3 is 2.31 bits per heavy atom. The van der Waals surface area contributed by atoms with Gasteiger partial charge in [0.1, 0.15) is 6.54 Å². The smallest absolute Gasteiger partial charge is 0.323 e. The largest absolute Gasteiger partial charge is 0.480 e. The van der Waals surface area contributed by atoms with Crippen molar-refractivity contribution in [2.75, 3.05) is 13.1 Å². The van der Waals surface area contributed by atoms with Crippen LogP contribution in [0.15, 0.2) is 0 Å². The molecule has 0 aromatic rings. The predicted octanol–water partition coefficient (Wildman–Crippen LogP) is 1.29. The molecule has 0 aromatic carbocycles. The highest BCUT2D eigenvalue weighted by atomic mass is 16.4. The molecule has 2 amide bonds. The van der Waals surface area contributed by atoms with Crippen LogP contribution in [0, 0.1) is 5.92 Å². The first kappa shape index (κ1) is 12.8. The van der Waals surface area contributed by atoms with Gasteiger partial charge in [-0.3, -0.25) is 4.79 Å². The topological polar surface area (TPSA) is 69.6 Å². The van der Waals surface area contributed by atoms with Crippen molar-refractivity contribution in [3.05, 3.63) is 0 Å². The van der Waals surface area contributed by atoms with Crippen LogP contribution in [0.3, 0.4) is 0 Å². The fraction of sp³-hybridized carbons (Fsp3) is 0.818. The average Bonchev–Trinajstić information content (AvgIpc) is 2.82. The lowest BCUT2D eigenvalue weighted by Gasteiger charge is -2.27. The summed E-state index contributed by atoms with van der Waals surface area (Å²) in [7, 11) is 0. The van der Waals surface area contributed by atoms with E-state index in [0.29, 0.717) is 12.5 Å². The number of carboxylic acid groups (broad SMARTS) is 1. The van der Waals surface area contributed by atoms with Gasteiger partial charge in [0.2, 0.25) is 0 Å². The fourth-order valence-electron chi connectivity index (χ4n) is 1.39. The minimum Gasteiger partial charge on any atom is -0.480 e. The maximum Gasteiger partial charge on any atom is 0.323 e. The molecule has 0 atom stereocenters. The van der Waals surface area contributed by atoms with Crippen molar-refractivity contribution < 1.29 is 14.7 Å². The summed E-state index contributed by atoms with van der Waals surface area (Å²) in [6.07, 6.45) is 2.19. The quantitative estimate of drug-likeness (QED) is 0.761. The molecule has 0 heterocycles. The Kier molecular flexibility index (Phi) is 3.78. The van der Waals surface area contributed by atoms with E-state index >= 15 is 0 Å². The third-order valence-electron chi connectivity index (χ3n) is 2.27. The maximum absolute atomic E-state index is 11.8. The van der Waals surface area contributed by atoms with Crippen LogP contribution in [0.25, 0.3) is 0 Å². The van der Waals surface area contributed by atoms with Gasteiger partial charge in [0, 0.05) is 12.1 Å². The molecule has 5 nitrogen and oxygen atoms in total. The Morgan fingerprint density at radius 1 is 1.38 bits per heavy atom. The van der Waals surface area contributed by atoms with Crippen molar-refractivity contribution in [3.8, 4) is 0 Å². The third-order valence-corrected chi connectivity index (χ3v) is 2.27. The predicted molar refractivity (Wildman–Crippen MR) is 60.2 cm³/mol. The molecule has 0 bridgehead atoms. The number of hydrogen-bond acceptors (Lipinski definition) is 2. The first-order valence-electron chi connectivity index (χ1n) is 5.57. The second kappa shape index (κ2) is 4.72. The first-order chi connectivity index (χ1) is 7.28. The molecule has 1 fully saturated rings. The summed E-state index contributed by atoms with van der Waals surface area (Å²) in [5.74, 6) is -0.477. The Balaban J connectivity index is 2.52. The number of nitrogens with zero attached hydrogens (tertiary/aromatic N) is 1. The molecule has 92 valence electrons. The van der Waals surface area contributed by atoms with Gasteiger partial charge in [-0.15, -0.1) is 0 Å². The van der Waals surface area contributed by atoms with Crippen molar-refractivity contribution in [1.29, 1.82) is 0 Å². The van der Waals surface area contributed by atoms with Crippen molar-refractivity contribution in [2.45, 2.75) is 39.2 Å². The molecule has 1 aliphatic rings. The van der Waals surface area contributed by atoms with E-state index in [0.717, 1.165) is 12.8 Å². The van der Waals surface area contributed by atoms with E-state index < -0.39 is 5.97 Å². The first-order valence-corrected chi connectivity index (χ1v) is 5.57. The number of rotatable bonds is 4. The number of aliphatic carboxylic acids is 1. The SMILES string of the molecule is CC(C)(C)NC(=O)N(CC(=O)O)CC1CC1. The summed E-state index contributed by atoms with van der Waals surface area (Å²) >= 11 is 0. The van der Waals surface area contributed by atoms with Crippen molar-refractivity contribution in [2.24, 2.45) is 5.92 Å². The van der Waals surface area contributed by atoms with Crippen molar-refractivity contribution in [3.63, 3.8) is 0 Å². The van der Waals surface area contributed by atoms with Gasteiger partial charge in [-0.1, -0.05) is 0 Å². The van der Waals surface area contributed by atoms with Crippen LogP contribution in [0.2, 0.25) is 0 Å². The summed E-state index contributed by atoms with van der Waals surface area (Å²) in [5.41, 5.74) is -0.336. The normalized spacial score (nSPS) is 15.7. The second-order valence-electron chi connectivity index (χ2n) is 5.40. The number of amides is 2. The van der Waals surface area contributed by atoms with Crippen LogP contribution in [0.5, 0.6) is 0 Å². The molecule has 0 radical (unpaired) electrons. The van der Waals surface area contributed by atoms with Crippen molar-refractivity contribution in [1.82, 2.24) is 10.2 Å². The lowest BCUT2D eigenvalue weighted by Crippen LogP contribution is -2.50. The standard InChI is InChI=1S/C11H20N2O3/c1-11(2,3)12-10(16)13(7-9(14)15)6-8-4-5-8/h8H,4-7H2,1-3H3,(H,12,16)(H,14,15). The molecule has 0 aliphatic heterocycles. The summed E-state index contributed by atoms with van der Waals surface area (Å²) in [6, 6.07) is -0.290. The van der Waals surface area contributed by atoms with E-state index in [-0.39, 0.29) is 18.1 Å². The minimum atomic E-state index is -0.968. The highest BCUT2D eigenvalue weighted by molar-refractivity contribution is 5.80. The molecular weight excluding hydrogens is 208 g/mol. The van der Waals surface area contributed by atoms with Crippen LogP contribution >= 0.6 is 0 Å². The zero-order valence-corrected chi connectivity index (χ0v) is 10.1. The molecule has 16 heavy (non-hydrogen) atoms. The molecule has 0 spiro atoms. The lowest BCUT2D eigenvalue weighted by atomic mass is 10.1. The maximum atomic E-state index is 11.8. The zero-order valence-electron chi connectivity index (χ0n) is 10.1. The van der Waals surface area contributed by atoms with Crippen LogP contribution in [-0.2, 0) is 4.79 Å². The third kappa shape index (κ3) is 5.00.